The second-order valence-electron chi connectivity index (χ2n) is 3.06. The fraction of sp³-hybridized carbons (Fsp3) is 0.300. The van der Waals surface area contributed by atoms with E-state index in [9.17, 15) is 4.79 Å². The highest BCUT2D eigenvalue weighted by Crippen LogP contribution is 2.13. The summed E-state index contributed by atoms with van der Waals surface area (Å²) in [5, 5.41) is 0. The number of rotatable bonds is 3. The van der Waals surface area contributed by atoms with Crippen LogP contribution in [0.3, 0.4) is 0 Å². The zero-order valence-corrected chi connectivity index (χ0v) is 8.99. The third-order valence-corrected chi connectivity index (χ3v) is 2.41. The van der Waals surface area contributed by atoms with Gasteiger partial charge in [0.05, 0.1) is 12.2 Å². The summed E-state index contributed by atoms with van der Waals surface area (Å²) in [6.45, 7) is 1.06. The van der Waals surface area contributed by atoms with Crippen LogP contribution in [-0.4, -0.2) is 25.3 Å². The number of esters is 1. The Morgan fingerprint density at radius 3 is 2.71 bits per heavy atom. The summed E-state index contributed by atoms with van der Waals surface area (Å²) < 4.78 is 10.9. The smallest absolute Gasteiger partial charge is 0.338 e. The first-order valence-corrected chi connectivity index (χ1v) is 5.09. The number of carbonyl (C=O) groups is 1. The van der Waals surface area contributed by atoms with E-state index in [1.807, 2.05) is 12.1 Å². The molecule has 0 aromatic heterocycles. The molecule has 0 aliphatic carbocycles. The summed E-state index contributed by atoms with van der Waals surface area (Å²) in [5.41, 5.74) is 0.564. The minimum atomic E-state index is -0.298. The van der Waals surface area contributed by atoms with Crippen molar-refractivity contribution >= 4 is 21.9 Å². The first-order chi connectivity index (χ1) is 6.75. The Hall–Kier alpha value is -0.870. The Morgan fingerprint density at radius 2 is 2.14 bits per heavy atom. The Bertz CT molecular complexity index is 330. The van der Waals surface area contributed by atoms with E-state index in [0.717, 1.165) is 4.47 Å². The Morgan fingerprint density at radius 1 is 1.50 bits per heavy atom. The molecule has 4 heteroatoms. The van der Waals surface area contributed by atoms with Gasteiger partial charge in [0.25, 0.3) is 0 Å². The van der Waals surface area contributed by atoms with Gasteiger partial charge in [-0.1, -0.05) is 15.9 Å². The lowest BCUT2D eigenvalue weighted by Gasteiger charge is -2.02. The number of carbonyl (C=O) groups excluding carboxylic acids is 1. The average molecular weight is 257 g/mol. The average Bonchev–Trinajstić information content (AvgIpc) is 2.99. The molecule has 0 unspecified atom stereocenters. The lowest BCUT2D eigenvalue weighted by Crippen LogP contribution is -2.09. The zero-order valence-electron chi connectivity index (χ0n) is 7.40. The van der Waals surface area contributed by atoms with Crippen LogP contribution in [0.2, 0.25) is 0 Å². The molecule has 0 N–H and O–H groups in total. The maximum Gasteiger partial charge on any atom is 0.338 e. The topological polar surface area (TPSA) is 38.8 Å². The van der Waals surface area contributed by atoms with Gasteiger partial charge in [0.1, 0.15) is 12.7 Å². The Labute approximate surface area is 90.1 Å². The minimum absolute atomic E-state index is 0.120. The van der Waals surface area contributed by atoms with E-state index in [1.165, 1.54) is 0 Å². The summed E-state index contributed by atoms with van der Waals surface area (Å²) >= 11 is 3.29. The molecule has 0 radical (unpaired) electrons. The maximum atomic E-state index is 11.4. The molecule has 1 aliphatic heterocycles. The normalized spacial score (nSPS) is 19.1. The van der Waals surface area contributed by atoms with Crippen molar-refractivity contribution in [1.82, 2.24) is 0 Å². The molecule has 0 saturated carbocycles. The van der Waals surface area contributed by atoms with Gasteiger partial charge in [-0.3, -0.25) is 0 Å². The highest BCUT2D eigenvalue weighted by atomic mass is 79.9. The molecule has 2 rings (SSSR count). The zero-order chi connectivity index (χ0) is 9.97. The predicted molar refractivity (Wildman–Crippen MR) is 54.2 cm³/mol. The SMILES string of the molecule is O=C(OC[C@H]1CO1)c1ccc(Br)cc1. The van der Waals surface area contributed by atoms with Crippen LogP contribution >= 0.6 is 15.9 Å². The van der Waals surface area contributed by atoms with Gasteiger partial charge in [0.2, 0.25) is 0 Å². The summed E-state index contributed by atoms with van der Waals surface area (Å²) in [4.78, 5) is 11.4. The van der Waals surface area contributed by atoms with Gasteiger partial charge in [0, 0.05) is 4.47 Å². The summed E-state index contributed by atoms with van der Waals surface area (Å²) in [5.74, 6) is -0.298. The number of epoxide rings is 1. The molecular weight excluding hydrogens is 248 g/mol. The van der Waals surface area contributed by atoms with Crippen molar-refractivity contribution in [1.29, 1.82) is 0 Å². The predicted octanol–water partition coefficient (Wildman–Crippen LogP) is 2.00. The second-order valence-corrected chi connectivity index (χ2v) is 3.98. The van der Waals surface area contributed by atoms with Gasteiger partial charge in [-0.25, -0.2) is 4.79 Å². The molecule has 1 aromatic carbocycles. The van der Waals surface area contributed by atoms with Gasteiger partial charge < -0.3 is 9.47 Å². The fourth-order valence-corrected chi connectivity index (χ4v) is 1.27. The van der Waals surface area contributed by atoms with Gasteiger partial charge >= 0.3 is 5.97 Å². The lowest BCUT2D eigenvalue weighted by molar-refractivity contribution is 0.0476. The van der Waals surface area contributed by atoms with E-state index in [4.69, 9.17) is 9.47 Å². The summed E-state index contributed by atoms with van der Waals surface area (Å²) in [6.07, 6.45) is 0.120. The van der Waals surface area contributed by atoms with Crippen molar-refractivity contribution in [3.63, 3.8) is 0 Å². The van der Waals surface area contributed by atoms with Crippen LogP contribution in [0.4, 0.5) is 0 Å². The van der Waals surface area contributed by atoms with E-state index < -0.39 is 0 Å². The number of benzene rings is 1. The van der Waals surface area contributed by atoms with Crippen molar-refractivity contribution in [2.45, 2.75) is 6.10 Å². The molecule has 1 heterocycles. The van der Waals surface area contributed by atoms with Gasteiger partial charge in [-0.05, 0) is 24.3 Å². The molecule has 0 bridgehead atoms. The van der Waals surface area contributed by atoms with Crippen molar-refractivity contribution in [3.8, 4) is 0 Å². The molecule has 1 aromatic rings. The summed E-state index contributed by atoms with van der Waals surface area (Å²) in [7, 11) is 0. The van der Waals surface area contributed by atoms with Crippen LogP contribution in [0.1, 0.15) is 10.4 Å². The number of halogens is 1. The highest BCUT2D eigenvalue weighted by Gasteiger charge is 2.24. The van der Waals surface area contributed by atoms with Crippen LogP contribution in [0.25, 0.3) is 0 Å². The first-order valence-electron chi connectivity index (χ1n) is 4.30. The molecule has 1 atom stereocenters. The van der Waals surface area contributed by atoms with Crippen LogP contribution in [-0.2, 0) is 9.47 Å². The largest absolute Gasteiger partial charge is 0.459 e. The van der Waals surface area contributed by atoms with E-state index in [0.29, 0.717) is 18.8 Å². The van der Waals surface area contributed by atoms with Gasteiger partial charge in [0.15, 0.2) is 0 Å². The molecule has 74 valence electrons. The first kappa shape index (κ1) is 9.68. The lowest BCUT2D eigenvalue weighted by atomic mass is 10.2. The third kappa shape index (κ3) is 2.56. The van der Waals surface area contributed by atoms with E-state index >= 15 is 0 Å². The third-order valence-electron chi connectivity index (χ3n) is 1.88. The quantitative estimate of drug-likeness (QED) is 0.614. The maximum absolute atomic E-state index is 11.4. The van der Waals surface area contributed by atoms with Crippen LogP contribution < -0.4 is 0 Å². The van der Waals surface area contributed by atoms with Gasteiger partial charge in [-0.15, -0.1) is 0 Å². The molecule has 14 heavy (non-hydrogen) atoms. The highest BCUT2D eigenvalue weighted by molar-refractivity contribution is 9.10. The molecule has 1 aliphatic rings. The van der Waals surface area contributed by atoms with Crippen molar-refractivity contribution in [2.24, 2.45) is 0 Å². The van der Waals surface area contributed by atoms with Crippen LogP contribution in [0, 0.1) is 0 Å². The fourth-order valence-electron chi connectivity index (χ4n) is 1.00. The molecule has 0 amide bonds. The molecule has 1 saturated heterocycles. The van der Waals surface area contributed by atoms with E-state index in [-0.39, 0.29) is 12.1 Å². The number of ether oxygens (including phenoxy) is 2. The number of hydrogen-bond acceptors (Lipinski definition) is 3. The van der Waals surface area contributed by atoms with Crippen LogP contribution in [0.15, 0.2) is 28.7 Å². The Balaban J connectivity index is 1.92. The monoisotopic (exact) mass is 256 g/mol. The van der Waals surface area contributed by atoms with Crippen molar-refractivity contribution in [2.75, 3.05) is 13.2 Å². The molecular formula is C10H9BrO3. The molecule has 1 fully saturated rings. The van der Waals surface area contributed by atoms with E-state index in [1.54, 1.807) is 12.1 Å². The molecule has 3 nitrogen and oxygen atoms in total. The summed E-state index contributed by atoms with van der Waals surface area (Å²) in [6, 6.07) is 7.06. The Kier molecular flexibility index (Phi) is 2.84. The number of hydrogen-bond donors (Lipinski definition) is 0. The van der Waals surface area contributed by atoms with Crippen molar-refractivity contribution < 1.29 is 14.3 Å². The minimum Gasteiger partial charge on any atom is -0.459 e. The standard InChI is InChI=1S/C10H9BrO3/c11-8-3-1-7(2-4-8)10(12)14-6-9-5-13-9/h1-4,9H,5-6H2/t9-/m1/s1. The van der Waals surface area contributed by atoms with Crippen LogP contribution in [0.5, 0.6) is 0 Å². The van der Waals surface area contributed by atoms with Crippen molar-refractivity contribution in [3.05, 3.63) is 34.3 Å². The molecule has 0 spiro atoms. The second kappa shape index (κ2) is 4.11. The van der Waals surface area contributed by atoms with E-state index in [2.05, 4.69) is 15.9 Å². The van der Waals surface area contributed by atoms with Gasteiger partial charge in [-0.2, -0.15) is 0 Å².